The molecule has 100 valence electrons. The van der Waals surface area contributed by atoms with Crippen LogP contribution in [-0.2, 0) is 24.8 Å². The van der Waals surface area contributed by atoms with Gasteiger partial charge in [-0.15, -0.1) is 0 Å². The van der Waals surface area contributed by atoms with E-state index >= 15 is 0 Å². The first kappa shape index (κ1) is 13.2. The van der Waals surface area contributed by atoms with Crippen molar-refractivity contribution in [2.24, 2.45) is 7.05 Å². The number of hydrogen-bond acceptors (Lipinski definition) is 2. The van der Waals surface area contributed by atoms with E-state index in [-0.39, 0.29) is 5.91 Å². The summed E-state index contributed by atoms with van der Waals surface area (Å²) in [6.45, 7) is 0.585. The maximum atomic E-state index is 11.7. The fraction of sp³-hybridized carbons (Fsp3) is 0.267. The summed E-state index contributed by atoms with van der Waals surface area (Å²) >= 11 is 0. The van der Waals surface area contributed by atoms with Crippen LogP contribution in [-0.4, -0.2) is 10.5 Å². The minimum Gasteiger partial charge on any atom is -0.399 e. The minimum atomic E-state index is 0.0701. The van der Waals surface area contributed by atoms with E-state index in [0.29, 0.717) is 13.0 Å². The molecule has 0 spiro atoms. The number of nitrogens with two attached hydrogens (primary N) is 1. The molecule has 3 N–H and O–H groups in total. The topological polar surface area (TPSA) is 60.0 Å². The fourth-order valence-electron chi connectivity index (χ4n) is 1.90. The van der Waals surface area contributed by atoms with Crippen molar-refractivity contribution in [3.8, 4) is 0 Å². The number of nitrogen functional groups attached to an aromatic ring is 1. The van der Waals surface area contributed by atoms with E-state index in [0.717, 1.165) is 23.2 Å². The molecular formula is C15H19N3O. The van der Waals surface area contributed by atoms with E-state index in [1.165, 1.54) is 0 Å². The zero-order chi connectivity index (χ0) is 13.7. The van der Waals surface area contributed by atoms with Crippen molar-refractivity contribution in [2.75, 3.05) is 5.73 Å². The Kier molecular flexibility index (Phi) is 4.23. The second kappa shape index (κ2) is 6.09. The van der Waals surface area contributed by atoms with Crippen LogP contribution in [0.1, 0.15) is 17.5 Å². The van der Waals surface area contributed by atoms with E-state index in [1.54, 1.807) is 0 Å². The van der Waals surface area contributed by atoms with Gasteiger partial charge in [0.1, 0.15) is 0 Å². The molecule has 0 saturated carbocycles. The Hall–Kier alpha value is -2.23. The van der Waals surface area contributed by atoms with Crippen molar-refractivity contribution in [1.82, 2.24) is 9.88 Å². The molecule has 19 heavy (non-hydrogen) atoms. The first-order chi connectivity index (χ1) is 9.13. The zero-order valence-electron chi connectivity index (χ0n) is 11.1. The van der Waals surface area contributed by atoms with Crippen LogP contribution in [0.25, 0.3) is 0 Å². The molecule has 0 saturated heterocycles. The van der Waals surface area contributed by atoms with Crippen LogP contribution in [0.3, 0.4) is 0 Å². The maximum absolute atomic E-state index is 11.7. The summed E-state index contributed by atoms with van der Waals surface area (Å²) < 4.78 is 1.97. The number of aryl methyl sites for hydroxylation is 2. The summed E-state index contributed by atoms with van der Waals surface area (Å²) in [5, 5.41) is 2.92. The van der Waals surface area contributed by atoms with Gasteiger partial charge in [0.2, 0.25) is 5.91 Å². The molecule has 0 atom stereocenters. The number of aromatic nitrogens is 1. The number of nitrogens with zero attached hydrogens (tertiary/aromatic N) is 1. The third-order valence-corrected chi connectivity index (χ3v) is 3.00. The van der Waals surface area contributed by atoms with Crippen molar-refractivity contribution in [2.45, 2.75) is 19.4 Å². The Bertz CT molecular complexity index is 543. The number of amides is 1. The summed E-state index contributed by atoms with van der Waals surface area (Å²) in [5.74, 6) is 0.0701. The molecule has 1 aromatic carbocycles. The lowest BCUT2D eigenvalue weighted by molar-refractivity contribution is -0.121. The second-order valence-corrected chi connectivity index (χ2v) is 4.70. The van der Waals surface area contributed by atoms with Crippen molar-refractivity contribution in [1.29, 1.82) is 0 Å². The van der Waals surface area contributed by atoms with Crippen LogP contribution in [0.5, 0.6) is 0 Å². The number of hydrogen-bond donors (Lipinski definition) is 2. The minimum absolute atomic E-state index is 0.0701. The molecule has 0 aliphatic rings. The average Bonchev–Trinajstić information content (AvgIpc) is 2.81. The van der Waals surface area contributed by atoms with Crippen LogP contribution in [0.2, 0.25) is 0 Å². The van der Waals surface area contributed by atoms with Crippen LogP contribution in [0, 0.1) is 0 Å². The standard InChI is InChI=1S/C15H19N3O/c1-18-9-8-13(11-18)10-17-15(19)7-4-12-2-5-14(16)6-3-12/h2-3,5-6,8-9,11H,4,7,10,16H2,1H3,(H,17,19). The fourth-order valence-corrected chi connectivity index (χ4v) is 1.90. The number of nitrogens with one attached hydrogen (secondary N) is 1. The number of benzene rings is 1. The van der Waals surface area contributed by atoms with Gasteiger partial charge in [-0.05, 0) is 35.7 Å². The summed E-state index contributed by atoms with van der Waals surface area (Å²) in [7, 11) is 1.96. The van der Waals surface area contributed by atoms with Gasteiger partial charge in [-0.25, -0.2) is 0 Å². The zero-order valence-corrected chi connectivity index (χ0v) is 11.1. The van der Waals surface area contributed by atoms with E-state index < -0.39 is 0 Å². The molecule has 0 unspecified atom stereocenters. The van der Waals surface area contributed by atoms with Gasteiger partial charge in [0.15, 0.2) is 0 Å². The Morgan fingerprint density at radius 3 is 2.58 bits per heavy atom. The van der Waals surface area contributed by atoms with E-state index in [1.807, 2.05) is 54.3 Å². The number of anilines is 1. The van der Waals surface area contributed by atoms with Gasteiger partial charge in [0, 0.05) is 38.1 Å². The summed E-state index contributed by atoms with van der Waals surface area (Å²) in [6.07, 6.45) is 5.20. The van der Waals surface area contributed by atoms with Gasteiger partial charge in [0.05, 0.1) is 0 Å². The summed E-state index contributed by atoms with van der Waals surface area (Å²) in [6, 6.07) is 9.63. The Balaban J connectivity index is 1.74. The molecule has 1 amide bonds. The smallest absolute Gasteiger partial charge is 0.220 e. The first-order valence-corrected chi connectivity index (χ1v) is 6.35. The molecule has 0 radical (unpaired) electrons. The van der Waals surface area contributed by atoms with Gasteiger partial charge in [0.25, 0.3) is 0 Å². The third-order valence-electron chi connectivity index (χ3n) is 3.00. The highest BCUT2D eigenvalue weighted by Crippen LogP contribution is 2.07. The molecule has 2 rings (SSSR count). The van der Waals surface area contributed by atoms with E-state index in [9.17, 15) is 4.79 Å². The monoisotopic (exact) mass is 257 g/mol. The molecule has 1 aromatic heterocycles. The van der Waals surface area contributed by atoms with Crippen LogP contribution in [0.15, 0.2) is 42.7 Å². The van der Waals surface area contributed by atoms with Crippen molar-refractivity contribution >= 4 is 11.6 Å². The molecule has 0 fully saturated rings. The maximum Gasteiger partial charge on any atom is 0.220 e. The molecular weight excluding hydrogens is 238 g/mol. The number of rotatable bonds is 5. The Morgan fingerprint density at radius 1 is 1.21 bits per heavy atom. The van der Waals surface area contributed by atoms with Crippen molar-refractivity contribution in [3.05, 3.63) is 53.9 Å². The molecule has 0 bridgehead atoms. The molecule has 1 heterocycles. The van der Waals surface area contributed by atoms with Crippen molar-refractivity contribution in [3.63, 3.8) is 0 Å². The highest BCUT2D eigenvalue weighted by molar-refractivity contribution is 5.76. The number of carbonyl (C=O) groups excluding carboxylic acids is 1. The SMILES string of the molecule is Cn1ccc(CNC(=O)CCc2ccc(N)cc2)c1. The van der Waals surface area contributed by atoms with Gasteiger partial charge in [-0.1, -0.05) is 12.1 Å². The van der Waals surface area contributed by atoms with E-state index in [2.05, 4.69) is 5.32 Å². The lowest BCUT2D eigenvalue weighted by Gasteiger charge is -2.04. The van der Waals surface area contributed by atoms with Crippen molar-refractivity contribution < 1.29 is 4.79 Å². The lowest BCUT2D eigenvalue weighted by Crippen LogP contribution is -2.22. The van der Waals surface area contributed by atoms with Gasteiger partial charge < -0.3 is 15.6 Å². The van der Waals surface area contributed by atoms with Gasteiger partial charge in [-0.3, -0.25) is 4.79 Å². The average molecular weight is 257 g/mol. The van der Waals surface area contributed by atoms with Gasteiger partial charge >= 0.3 is 0 Å². The highest BCUT2D eigenvalue weighted by atomic mass is 16.1. The first-order valence-electron chi connectivity index (χ1n) is 6.35. The lowest BCUT2D eigenvalue weighted by atomic mass is 10.1. The van der Waals surface area contributed by atoms with E-state index in [4.69, 9.17) is 5.73 Å². The molecule has 0 aliphatic carbocycles. The normalized spacial score (nSPS) is 10.4. The molecule has 4 heteroatoms. The quantitative estimate of drug-likeness (QED) is 0.803. The largest absolute Gasteiger partial charge is 0.399 e. The van der Waals surface area contributed by atoms with Gasteiger partial charge in [-0.2, -0.15) is 0 Å². The second-order valence-electron chi connectivity index (χ2n) is 4.70. The Labute approximate surface area is 113 Å². The van der Waals surface area contributed by atoms with Crippen LogP contribution >= 0.6 is 0 Å². The predicted octanol–water partition coefficient (Wildman–Crippen LogP) is 1.86. The Morgan fingerprint density at radius 2 is 1.95 bits per heavy atom. The van der Waals surface area contributed by atoms with Crippen LogP contribution < -0.4 is 11.1 Å². The number of carbonyl (C=O) groups is 1. The predicted molar refractivity (Wildman–Crippen MR) is 76.4 cm³/mol. The third kappa shape index (κ3) is 4.17. The summed E-state index contributed by atoms with van der Waals surface area (Å²) in [4.78, 5) is 11.7. The van der Waals surface area contributed by atoms with Crippen LogP contribution in [0.4, 0.5) is 5.69 Å². The molecule has 2 aromatic rings. The summed E-state index contributed by atoms with van der Waals surface area (Å²) in [5.41, 5.74) is 8.61. The molecule has 0 aliphatic heterocycles. The highest BCUT2D eigenvalue weighted by Gasteiger charge is 2.03. The molecule has 4 nitrogen and oxygen atoms in total.